The van der Waals surface area contributed by atoms with E-state index in [1.165, 1.54) is 0 Å². The van der Waals surface area contributed by atoms with Gasteiger partial charge in [0.25, 0.3) is 0 Å². The van der Waals surface area contributed by atoms with E-state index in [1.807, 2.05) is 56.3 Å². The van der Waals surface area contributed by atoms with Crippen LogP contribution >= 0.6 is 0 Å². The van der Waals surface area contributed by atoms with Crippen LogP contribution in [-0.4, -0.2) is 25.1 Å². The first-order chi connectivity index (χ1) is 10.1. The van der Waals surface area contributed by atoms with Gasteiger partial charge in [0.1, 0.15) is 18.5 Å². The second kappa shape index (κ2) is 5.70. The molecular weight excluding hydrogens is 264 g/mol. The average Bonchev–Trinajstić information content (AvgIpc) is 3.30. The fourth-order valence-corrected chi connectivity index (χ4v) is 2.23. The summed E-state index contributed by atoms with van der Waals surface area (Å²) >= 11 is 0. The molecule has 2 aromatic rings. The van der Waals surface area contributed by atoms with Gasteiger partial charge in [-0.15, -0.1) is 0 Å². The summed E-state index contributed by atoms with van der Waals surface area (Å²) in [4.78, 5) is 12.6. The number of hydrogen-bond donors (Lipinski definition) is 0. The predicted molar refractivity (Wildman–Crippen MR) is 81.0 cm³/mol. The Bertz CT molecular complexity index is 672. The SMILES string of the molecule is Cc1ccc(C(=O)c2ccccc2C)cc1OCC1CO1. The highest BCUT2D eigenvalue weighted by Crippen LogP contribution is 2.23. The van der Waals surface area contributed by atoms with E-state index in [1.54, 1.807) is 0 Å². The van der Waals surface area contributed by atoms with Gasteiger partial charge in [-0.05, 0) is 31.0 Å². The number of ether oxygens (including phenoxy) is 2. The zero-order chi connectivity index (χ0) is 14.8. The topological polar surface area (TPSA) is 38.8 Å². The van der Waals surface area contributed by atoms with E-state index in [0.29, 0.717) is 12.2 Å². The molecular formula is C18H18O3. The van der Waals surface area contributed by atoms with Gasteiger partial charge < -0.3 is 9.47 Å². The molecule has 1 heterocycles. The average molecular weight is 282 g/mol. The van der Waals surface area contributed by atoms with Gasteiger partial charge in [0.15, 0.2) is 5.78 Å². The van der Waals surface area contributed by atoms with Crippen LogP contribution in [0.5, 0.6) is 5.75 Å². The van der Waals surface area contributed by atoms with Crippen molar-refractivity contribution in [3.8, 4) is 5.75 Å². The monoisotopic (exact) mass is 282 g/mol. The Balaban J connectivity index is 1.85. The molecule has 1 aliphatic rings. The molecule has 0 bridgehead atoms. The van der Waals surface area contributed by atoms with E-state index in [4.69, 9.17) is 9.47 Å². The summed E-state index contributed by atoms with van der Waals surface area (Å²) in [7, 11) is 0. The van der Waals surface area contributed by atoms with Crippen LogP contribution in [0.4, 0.5) is 0 Å². The predicted octanol–water partition coefficient (Wildman–Crippen LogP) is 3.31. The third-order valence-corrected chi connectivity index (χ3v) is 3.67. The molecule has 108 valence electrons. The summed E-state index contributed by atoms with van der Waals surface area (Å²) < 4.78 is 10.9. The van der Waals surface area contributed by atoms with E-state index in [-0.39, 0.29) is 11.9 Å². The molecule has 0 radical (unpaired) electrons. The molecule has 0 aromatic heterocycles. The summed E-state index contributed by atoms with van der Waals surface area (Å²) in [5.74, 6) is 0.783. The van der Waals surface area contributed by atoms with Gasteiger partial charge in [-0.2, -0.15) is 0 Å². The number of carbonyl (C=O) groups is 1. The first-order valence-electron chi connectivity index (χ1n) is 7.10. The maximum atomic E-state index is 12.6. The molecule has 1 atom stereocenters. The second-order valence-electron chi connectivity index (χ2n) is 5.39. The van der Waals surface area contributed by atoms with Crippen LogP contribution < -0.4 is 4.74 Å². The van der Waals surface area contributed by atoms with Crippen molar-refractivity contribution in [3.63, 3.8) is 0 Å². The van der Waals surface area contributed by atoms with E-state index in [0.717, 1.165) is 29.0 Å². The van der Waals surface area contributed by atoms with Crippen molar-refractivity contribution in [1.29, 1.82) is 0 Å². The third kappa shape index (κ3) is 3.14. The molecule has 0 saturated carbocycles. The number of aryl methyl sites for hydroxylation is 2. The molecule has 0 N–H and O–H groups in total. The number of hydrogen-bond acceptors (Lipinski definition) is 3. The van der Waals surface area contributed by atoms with Crippen LogP contribution in [-0.2, 0) is 4.74 Å². The molecule has 3 nitrogen and oxygen atoms in total. The van der Waals surface area contributed by atoms with Gasteiger partial charge >= 0.3 is 0 Å². The van der Waals surface area contributed by atoms with Crippen LogP contribution in [0.1, 0.15) is 27.0 Å². The van der Waals surface area contributed by atoms with Crippen molar-refractivity contribution in [2.45, 2.75) is 20.0 Å². The smallest absolute Gasteiger partial charge is 0.193 e. The minimum absolute atomic E-state index is 0.0284. The zero-order valence-electron chi connectivity index (χ0n) is 12.3. The van der Waals surface area contributed by atoms with Crippen LogP contribution in [0.25, 0.3) is 0 Å². The fraction of sp³-hybridized carbons (Fsp3) is 0.278. The first kappa shape index (κ1) is 13.8. The van der Waals surface area contributed by atoms with Gasteiger partial charge in [-0.1, -0.05) is 36.4 Å². The number of benzene rings is 2. The number of carbonyl (C=O) groups excluding carboxylic acids is 1. The lowest BCUT2D eigenvalue weighted by Crippen LogP contribution is -2.07. The van der Waals surface area contributed by atoms with E-state index in [2.05, 4.69) is 0 Å². The Kier molecular flexibility index (Phi) is 3.76. The molecule has 1 saturated heterocycles. The van der Waals surface area contributed by atoms with Crippen molar-refractivity contribution < 1.29 is 14.3 Å². The summed E-state index contributed by atoms with van der Waals surface area (Å²) in [5, 5.41) is 0. The lowest BCUT2D eigenvalue weighted by molar-refractivity contribution is 0.103. The molecule has 1 fully saturated rings. The van der Waals surface area contributed by atoms with Crippen molar-refractivity contribution in [2.75, 3.05) is 13.2 Å². The van der Waals surface area contributed by atoms with Crippen molar-refractivity contribution in [2.24, 2.45) is 0 Å². The summed E-state index contributed by atoms with van der Waals surface area (Å²) in [6, 6.07) is 13.2. The maximum Gasteiger partial charge on any atom is 0.193 e. The highest BCUT2D eigenvalue weighted by atomic mass is 16.6. The molecule has 1 unspecified atom stereocenters. The number of rotatable bonds is 5. The largest absolute Gasteiger partial charge is 0.490 e. The van der Waals surface area contributed by atoms with Crippen LogP contribution in [0.15, 0.2) is 42.5 Å². The molecule has 2 aromatic carbocycles. The van der Waals surface area contributed by atoms with Crippen LogP contribution in [0, 0.1) is 13.8 Å². The summed E-state index contributed by atoms with van der Waals surface area (Å²) in [6.07, 6.45) is 0.208. The van der Waals surface area contributed by atoms with Crippen molar-refractivity contribution in [3.05, 3.63) is 64.7 Å². The Labute approximate surface area is 124 Å². The zero-order valence-corrected chi connectivity index (χ0v) is 12.3. The number of ketones is 1. The van der Waals surface area contributed by atoms with Gasteiger partial charge in [-0.25, -0.2) is 0 Å². The van der Waals surface area contributed by atoms with Gasteiger partial charge in [0.2, 0.25) is 0 Å². The van der Waals surface area contributed by atoms with E-state index >= 15 is 0 Å². The molecule has 0 amide bonds. The molecule has 3 heteroatoms. The second-order valence-corrected chi connectivity index (χ2v) is 5.39. The highest BCUT2D eigenvalue weighted by Gasteiger charge is 2.23. The fourth-order valence-electron chi connectivity index (χ4n) is 2.23. The minimum Gasteiger partial charge on any atom is -0.490 e. The Hall–Kier alpha value is -2.13. The first-order valence-corrected chi connectivity index (χ1v) is 7.10. The standard InChI is InChI=1S/C18H18O3/c1-12-5-3-4-6-16(12)18(19)14-8-7-13(2)17(9-14)21-11-15-10-20-15/h3-9,15H,10-11H2,1-2H3. The maximum absolute atomic E-state index is 12.6. The lowest BCUT2D eigenvalue weighted by atomic mass is 9.98. The Morgan fingerprint density at radius 3 is 2.67 bits per heavy atom. The summed E-state index contributed by atoms with van der Waals surface area (Å²) in [6.45, 7) is 5.23. The lowest BCUT2D eigenvalue weighted by Gasteiger charge is -2.10. The van der Waals surface area contributed by atoms with Gasteiger partial charge in [-0.3, -0.25) is 4.79 Å². The molecule has 0 aliphatic carbocycles. The highest BCUT2D eigenvalue weighted by molar-refractivity contribution is 6.10. The summed E-state index contributed by atoms with van der Waals surface area (Å²) in [5.41, 5.74) is 3.40. The molecule has 0 spiro atoms. The van der Waals surface area contributed by atoms with E-state index in [9.17, 15) is 4.79 Å². The van der Waals surface area contributed by atoms with Crippen molar-refractivity contribution in [1.82, 2.24) is 0 Å². The third-order valence-electron chi connectivity index (χ3n) is 3.67. The van der Waals surface area contributed by atoms with E-state index < -0.39 is 0 Å². The normalized spacial score (nSPS) is 16.6. The molecule has 21 heavy (non-hydrogen) atoms. The quantitative estimate of drug-likeness (QED) is 0.624. The van der Waals surface area contributed by atoms with Crippen LogP contribution in [0.2, 0.25) is 0 Å². The van der Waals surface area contributed by atoms with Gasteiger partial charge in [0.05, 0.1) is 6.61 Å². The van der Waals surface area contributed by atoms with Crippen molar-refractivity contribution >= 4 is 5.78 Å². The van der Waals surface area contributed by atoms with Crippen LogP contribution in [0.3, 0.4) is 0 Å². The molecule has 1 aliphatic heterocycles. The molecule has 3 rings (SSSR count). The Morgan fingerprint density at radius 2 is 1.95 bits per heavy atom. The minimum atomic E-state index is 0.0284. The van der Waals surface area contributed by atoms with Gasteiger partial charge in [0, 0.05) is 11.1 Å². The number of epoxide rings is 1. The Morgan fingerprint density at radius 1 is 1.19 bits per heavy atom.